The van der Waals surface area contributed by atoms with Crippen LogP contribution in [0.3, 0.4) is 0 Å². The van der Waals surface area contributed by atoms with Crippen molar-refractivity contribution in [2.45, 2.75) is 102 Å². The summed E-state index contributed by atoms with van der Waals surface area (Å²) in [5, 5.41) is 0. The Morgan fingerprint density at radius 1 is 0.923 bits per heavy atom. The third-order valence-corrected chi connectivity index (χ3v) is 6.51. The first kappa shape index (κ1) is 19.7. The van der Waals surface area contributed by atoms with Crippen LogP contribution in [0.2, 0.25) is 0 Å². The molecule has 0 unspecified atom stereocenters. The van der Waals surface area contributed by atoms with E-state index in [0.717, 1.165) is 25.2 Å². The number of hydrogen-bond acceptors (Lipinski definition) is 1. The summed E-state index contributed by atoms with van der Waals surface area (Å²) in [6.07, 6.45) is 15.8. The molecule has 1 aromatic rings. The molecular weight excluding hydrogens is 323 g/mol. The highest BCUT2D eigenvalue weighted by Gasteiger charge is 2.27. The fraction of sp³-hybridized carbons (Fsp3) is 0.750. The number of rotatable bonds is 8. The molecule has 0 amide bonds. The first-order chi connectivity index (χ1) is 12.8. The zero-order chi connectivity index (χ0) is 18.2. The summed E-state index contributed by atoms with van der Waals surface area (Å²) in [5.74, 6) is 2.27. The Bertz CT molecular complexity index is 541. The van der Waals surface area contributed by atoms with Gasteiger partial charge in [0.25, 0.3) is 0 Å². The summed E-state index contributed by atoms with van der Waals surface area (Å²) in [4.78, 5) is 0. The van der Waals surface area contributed by atoms with Gasteiger partial charge >= 0.3 is 0 Å². The summed E-state index contributed by atoms with van der Waals surface area (Å²) >= 11 is 0. The van der Waals surface area contributed by atoms with E-state index < -0.39 is 0 Å². The molecule has 2 saturated carbocycles. The largest absolute Gasteiger partial charge is 0.493 e. The summed E-state index contributed by atoms with van der Waals surface area (Å²) in [6, 6.07) is 4.51. The van der Waals surface area contributed by atoms with E-state index in [4.69, 9.17) is 4.74 Å². The second-order valence-electron chi connectivity index (χ2n) is 8.36. The molecule has 2 aliphatic carbocycles. The molecule has 3 rings (SSSR count). The first-order valence-corrected chi connectivity index (χ1v) is 11.2. The van der Waals surface area contributed by atoms with E-state index in [2.05, 4.69) is 19.1 Å². The number of halogens is 1. The Morgan fingerprint density at radius 2 is 1.58 bits per heavy atom. The predicted molar refractivity (Wildman–Crippen MR) is 108 cm³/mol. The predicted octanol–water partition coefficient (Wildman–Crippen LogP) is 7.47. The molecule has 0 aromatic heterocycles. The van der Waals surface area contributed by atoms with Crippen molar-refractivity contribution in [2.75, 3.05) is 13.3 Å². The van der Waals surface area contributed by atoms with Crippen LogP contribution < -0.4 is 4.74 Å². The summed E-state index contributed by atoms with van der Waals surface area (Å²) < 4.78 is 19.8. The quantitative estimate of drug-likeness (QED) is 0.437. The molecule has 0 N–H and O–H groups in total. The van der Waals surface area contributed by atoms with E-state index in [1.807, 2.05) is 0 Å². The molecule has 26 heavy (non-hydrogen) atoms. The van der Waals surface area contributed by atoms with E-state index in [9.17, 15) is 4.39 Å². The fourth-order valence-electron chi connectivity index (χ4n) is 5.12. The minimum absolute atomic E-state index is 0.252. The molecule has 2 aliphatic rings. The van der Waals surface area contributed by atoms with Crippen molar-refractivity contribution in [1.82, 2.24) is 0 Å². The van der Waals surface area contributed by atoms with Crippen molar-refractivity contribution < 1.29 is 9.13 Å². The molecule has 0 saturated heterocycles. The van der Waals surface area contributed by atoms with Crippen LogP contribution in [0.4, 0.5) is 4.39 Å². The van der Waals surface area contributed by atoms with Gasteiger partial charge in [-0.3, -0.25) is 4.39 Å². The smallest absolute Gasteiger partial charge is 0.123 e. The lowest BCUT2D eigenvalue weighted by molar-refractivity contribution is 0.299. The van der Waals surface area contributed by atoms with Crippen molar-refractivity contribution in [1.29, 1.82) is 0 Å². The average molecular weight is 361 g/mol. The third-order valence-electron chi connectivity index (χ3n) is 6.51. The summed E-state index contributed by atoms with van der Waals surface area (Å²) in [5.41, 5.74) is 4.16. The first-order valence-electron chi connectivity index (χ1n) is 11.2. The third kappa shape index (κ3) is 4.81. The van der Waals surface area contributed by atoms with Gasteiger partial charge in [0, 0.05) is 12.0 Å². The van der Waals surface area contributed by atoms with Crippen LogP contribution in [0.25, 0.3) is 0 Å². The van der Waals surface area contributed by atoms with Gasteiger partial charge in [0.2, 0.25) is 0 Å². The Morgan fingerprint density at radius 3 is 2.19 bits per heavy atom. The van der Waals surface area contributed by atoms with Crippen LogP contribution in [0.1, 0.15) is 112 Å². The van der Waals surface area contributed by atoms with Gasteiger partial charge in [-0.1, -0.05) is 57.9 Å². The standard InChI is InChI=1S/C24H37FO/c1-2-3-18-26-23-15-14-21(19-10-6-4-7-11-19)22(16-17-25)24(23)20-12-8-5-9-13-20/h14-15,19-20H,2-13,16-18H2,1H3. The monoisotopic (exact) mass is 360 g/mol. The highest BCUT2D eigenvalue weighted by atomic mass is 19.1. The number of benzene rings is 1. The number of hydrogen-bond donors (Lipinski definition) is 0. The Kier molecular flexibility index (Phi) is 7.83. The maximum atomic E-state index is 13.6. The van der Waals surface area contributed by atoms with Crippen molar-refractivity contribution >= 4 is 0 Å². The Labute approximate surface area is 159 Å². The summed E-state index contributed by atoms with van der Waals surface area (Å²) in [6.45, 7) is 2.73. The topological polar surface area (TPSA) is 9.23 Å². The molecule has 0 heterocycles. The van der Waals surface area contributed by atoms with Gasteiger partial charge in [-0.05, 0) is 61.1 Å². The van der Waals surface area contributed by atoms with E-state index in [0.29, 0.717) is 18.3 Å². The highest BCUT2D eigenvalue weighted by molar-refractivity contribution is 5.49. The lowest BCUT2D eigenvalue weighted by atomic mass is 9.75. The van der Waals surface area contributed by atoms with Crippen LogP contribution >= 0.6 is 0 Å². The zero-order valence-corrected chi connectivity index (χ0v) is 16.7. The lowest BCUT2D eigenvalue weighted by Gasteiger charge is -2.31. The van der Waals surface area contributed by atoms with Crippen molar-refractivity contribution in [3.8, 4) is 5.75 Å². The van der Waals surface area contributed by atoms with E-state index in [1.54, 1.807) is 0 Å². The van der Waals surface area contributed by atoms with Crippen molar-refractivity contribution in [3.63, 3.8) is 0 Å². The maximum Gasteiger partial charge on any atom is 0.123 e. The molecule has 0 radical (unpaired) electrons. The van der Waals surface area contributed by atoms with Gasteiger partial charge in [0.1, 0.15) is 5.75 Å². The molecule has 1 aromatic carbocycles. The van der Waals surface area contributed by atoms with Crippen molar-refractivity contribution in [3.05, 3.63) is 28.8 Å². The minimum atomic E-state index is -0.252. The van der Waals surface area contributed by atoms with Crippen LogP contribution in [0.15, 0.2) is 12.1 Å². The molecule has 2 fully saturated rings. The highest BCUT2D eigenvalue weighted by Crippen LogP contribution is 2.44. The van der Waals surface area contributed by atoms with Gasteiger partial charge in [-0.2, -0.15) is 0 Å². The summed E-state index contributed by atoms with van der Waals surface area (Å²) in [7, 11) is 0. The average Bonchev–Trinajstić information content (AvgIpc) is 2.70. The number of alkyl halides is 1. The molecular formula is C24H37FO. The van der Waals surface area contributed by atoms with Crippen LogP contribution in [0.5, 0.6) is 5.75 Å². The van der Waals surface area contributed by atoms with Gasteiger partial charge < -0.3 is 4.74 Å². The second kappa shape index (κ2) is 10.3. The van der Waals surface area contributed by atoms with Crippen LogP contribution in [0, 0.1) is 0 Å². The minimum Gasteiger partial charge on any atom is -0.493 e. The van der Waals surface area contributed by atoms with Gasteiger partial charge in [-0.15, -0.1) is 0 Å². The Balaban J connectivity index is 1.97. The number of unbranched alkanes of at least 4 members (excludes halogenated alkanes) is 1. The van der Waals surface area contributed by atoms with Crippen LogP contribution in [-0.4, -0.2) is 13.3 Å². The number of ether oxygens (including phenoxy) is 1. The maximum absolute atomic E-state index is 13.6. The zero-order valence-electron chi connectivity index (χ0n) is 16.7. The van der Waals surface area contributed by atoms with Gasteiger partial charge in [0.05, 0.1) is 13.3 Å². The fourth-order valence-corrected chi connectivity index (χ4v) is 5.12. The lowest BCUT2D eigenvalue weighted by Crippen LogP contribution is -2.15. The molecule has 146 valence electrons. The normalized spacial score (nSPS) is 19.6. The molecule has 1 nitrogen and oxygen atoms in total. The van der Waals surface area contributed by atoms with E-state index in [1.165, 1.54) is 80.9 Å². The molecule has 0 spiro atoms. The van der Waals surface area contributed by atoms with Crippen molar-refractivity contribution in [2.24, 2.45) is 0 Å². The van der Waals surface area contributed by atoms with E-state index in [-0.39, 0.29) is 6.67 Å². The SMILES string of the molecule is CCCCOc1ccc(C2CCCCC2)c(CCF)c1C1CCCCC1. The van der Waals surface area contributed by atoms with Crippen LogP contribution in [-0.2, 0) is 6.42 Å². The van der Waals surface area contributed by atoms with Gasteiger partial charge in [-0.25, -0.2) is 0 Å². The molecule has 2 heteroatoms. The molecule has 0 bridgehead atoms. The van der Waals surface area contributed by atoms with Gasteiger partial charge in [0.15, 0.2) is 0 Å². The molecule has 0 aliphatic heterocycles. The molecule has 0 atom stereocenters. The Hall–Kier alpha value is -1.05. The van der Waals surface area contributed by atoms with E-state index >= 15 is 0 Å². The second-order valence-corrected chi connectivity index (χ2v) is 8.36.